The lowest BCUT2D eigenvalue weighted by Crippen LogP contribution is -2.23. The van der Waals surface area contributed by atoms with E-state index in [0.717, 1.165) is 11.3 Å². The Labute approximate surface area is 157 Å². The molecule has 0 bridgehead atoms. The molecule has 0 aliphatic heterocycles. The first-order valence-corrected chi connectivity index (χ1v) is 8.41. The molecule has 3 rings (SSSR count). The van der Waals surface area contributed by atoms with Crippen molar-refractivity contribution in [3.8, 4) is 11.5 Å². The average Bonchev–Trinajstić information content (AvgIpc) is 3.24. The molecule has 140 valence electrons. The quantitative estimate of drug-likeness (QED) is 0.636. The van der Waals surface area contributed by atoms with Crippen molar-refractivity contribution in [3.63, 3.8) is 0 Å². The number of carbonyl (C=O) groups excluding carboxylic acids is 1. The second kappa shape index (κ2) is 8.75. The molecule has 0 radical (unpaired) electrons. The molecule has 0 saturated heterocycles. The minimum Gasteiger partial charge on any atom is -0.493 e. The maximum absolute atomic E-state index is 12.4. The lowest BCUT2D eigenvalue weighted by Gasteiger charge is -2.11. The van der Waals surface area contributed by atoms with Crippen molar-refractivity contribution in [2.24, 2.45) is 0 Å². The van der Waals surface area contributed by atoms with Crippen LogP contribution in [0, 0.1) is 0 Å². The molecule has 1 amide bonds. The van der Waals surface area contributed by atoms with Gasteiger partial charge >= 0.3 is 0 Å². The number of ether oxygens (including phenoxy) is 2. The highest BCUT2D eigenvalue weighted by atomic mass is 16.5. The summed E-state index contributed by atoms with van der Waals surface area (Å²) in [4.78, 5) is 16.7. The highest BCUT2D eigenvalue weighted by Crippen LogP contribution is 2.27. The maximum Gasteiger partial charge on any atom is 0.251 e. The number of pyridine rings is 1. The monoisotopic (exact) mass is 367 g/mol. The van der Waals surface area contributed by atoms with Gasteiger partial charge in [0, 0.05) is 18.3 Å². The fourth-order valence-electron chi connectivity index (χ4n) is 2.53. The lowest BCUT2D eigenvalue weighted by molar-refractivity contribution is 0.0951. The molecule has 3 aromatic rings. The number of rotatable bonds is 8. The zero-order valence-electron chi connectivity index (χ0n) is 15.2. The predicted molar refractivity (Wildman–Crippen MR) is 101 cm³/mol. The molecule has 1 aromatic carbocycles. The summed E-state index contributed by atoms with van der Waals surface area (Å²) in [6.07, 6.45) is 3.21. The summed E-state index contributed by atoms with van der Waals surface area (Å²) in [5, 5.41) is 6.02. The number of benzene rings is 1. The van der Waals surface area contributed by atoms with Crippen LogP contribution in [0.3, 0.4) is 0 Å². The number of aromatic nitrogens is 1. The SMILES string of the molecule is COc1ccc(CNC(=O)c2ccnc(NCc3ccco3)c2)cc1OC. The molecule has 2 heterocycles. The first kappa shape index (κ1) is 18.3. The van der Waals surface area contributed by atoms with Crippen molar-refractivity contribution in [2.75, 3.05) is 19.5 Å². The molecule has 7 heteroatoms. The Balaban J connectivity index is 1.60. The first-order chi connectivity index (χ1) is 13.2. The van der Waals surface area contributed by atoms with E-state index >= 15 is 0 Å². The topological polar surface area (TPSA) is 85.6 Å². The molecule has 2 N–H and O–H groups in total. The summed E-state index contributed by atoms with van der Waals surface area (Å²) < 4.78 is 15.8. The standard InChI is InChI=1S/C20H21N3O4/c1-25-17-6-5-14(10-18(17)26-2)12-23-20(24)15-7-8-21-19(11-15)22-13-16-4-3-9-27-16/h3-11H,12-13H2,1-2H3,(H,21,22)(H,23,24). The molecule has 0 aliphatic carbocycles. The van der Waals surface area contributed by atoms with Crippen molar-refractivity contribution in [1.29, 1.82) is 0 Å². The zero-order valence-corrected chi connectivity index (χ0v) is 15.2. The molecule has 0 spiro atoms. The number of nitrogens with one attached hydrogen (secondary N) is 2. The summed E-state index contributed by atoms with van der Waals surface area (Å²) >= 11 is 0. The second-order valence-corrected chi connectivity index (χ2v) is 5.73. The van der Waals surface area contributed by atoms with E-state index in [4.69, 9.17) is 13.9 Å². The van der Waals surface area contributed by atoms with Crippen LogP contribution >= 0.6 is 0 Å². The van der Waals surface area contributed by atoms with Crippen LogP contribution in [0.1, 0.15) is 21.7 Å². The van der Waals surface area contributed by atoms with Crippen molar-refractivity contribution in [1.82, 2.24) is 10.3 Å². The van der Waals surface area contributed by atoms with E-state index in [9.17, 15) is 4.79 Å². The third-order valence-corrected chi connectivity index (χ3v) is 3.95. The van der Waals surface area contributed by atoms with Gasteiger partial charge in [0.2, 0.25) is 0 Å². The number of methoxy groups -OCH3 is 2. The van der Waals surface area contributed by atoms with E-state index in [-0.39, 0.29) is 5.91 Å². The molecule has 0 aliphatic rings. The summed E-state index contributed by atoms with van der Waals surface area (Å²) in [5.74, 6) is 2.48. The van der Waals surface area contributed by atoms with Crippen LogP contribution in [-0.4, -0.2) is 25.1 Å². The predicted octanol–water partition coefficient (Wildman–Crippen LogP) is 3.23. The fourth-order valence-corrected chi connectivity index (χ4v) is 2.53. The van der Waals surface area contributed by atoms with Crippen molar-refractivity contribution in [3.05, 3.63) is 71.8 Å². The van der Waals surface area contributed by atoms with E-state index in [2.05, 4.69) is 15.6 Å². The summed E-state index contributed by atoms with van der Waals surface area (Å²) in [5.41, 5.74) is 1.43. The van der Waals surface area contributed by atoms with Crippen molar-refractivity contribution in [2.45, 2.75) is 13.1 Å². The smallest absolute Gasteiger partial charge is 0.251 e. The Morgan fingerprint density at radius 2 is 1.93 bits per heavy atom. The number of carbonyl (C=O) groups is 1. The minimum absolute atomic E-state index is 0.187. The molecule has 7 nitrogen and oxygen atoms in total. The first-order valence-electron chi connectivity index (χ1n) is 8.41. The molecular formula is C20H21N3O4. The Morgan fingerprint density at radius 3 is 2.67 bits per heavy atom. The number of hydrogen-bond acceptors (Lipinski definition) is 6. The molecule has 0 saturated carbocycles. The van der Waals surface area contributed by atoms with Gasteiger partial charge in [-0.15, -0.1) is 0 Å². The summed E-state index contributed by atoms with van der Waals surface area (Å²) in [7, 11) is 3.16. The van der Waals surface area contributed by atoms with E-state index in [1.54, 1.807) is 38.8 Å². The van der Waals surface area contributed by atoms with Crippen molar-refractivity contribution >= 4 is 11.7 Å². The average molecular weight is 367 g/mol. The van der Waals surface area contributed by atoms with Crippen LogP contribution in [0.4, 0.5) is 5.82 Å². The lowest BCUT2D eigenvalue weighted by atomic mass is 10.2. The number of hydrogen-bond donors (Lipinski definition) is 2. The third-order valence-electron chi connectivity index (χ3n) is 3.95. The van der Waals surface area contributed by atoms with Crippen molar-refractivity contribution < 1.29 is 18.7 Å². The van der Waals surface area contributed by atoms with Gasteiger partial charge in [-0.25, -0.2) is 4.98 Å². The number of anilines is 1. The van der Waals surface area contributed by atoms with E-state index < -0.39 is 0 Å². The Morgan fingerprint density at radius 1 is 1.07 bits per heavy atom. The Bertz CT molecular complexity index is 894. The maximum atomic E-state index is 12.4. The van der Waals surface area contributed by atoms with Crippen LogP contribution in [-0.2, 0) is 13.1 Å². The molecule has 2 aromatic heterocycles. The van der Waals surface area contributed by atoms with E-state index in [0.29, 0.717) is 36.0 Å². The van der Waals surface area contributed by atoms with Crippen LogP contribution < -0.4 is 20.1 Å². The number of furan rings is 1. The van der Waals surface area contributed by atoms with Crippen LogP contribution in [0.5, 0.6) is 11.5 Å². The van der Waals surface area contributed by atoms with Gasteiger partial charge in [0.15, 0.2) is 11.5 Å². The van der Waals surface area contributed by atoms with E-state index in [1.165, 1.54) is 0 Å². The molecule has 0 fully saturated rings. The minimum atomic E-state index is -0.187. The fraction of sp³-hybridized carbons (Fsp3) is 0.200. The molecular weight excluding hydrogens is 346 g/mol. The summed E-state index contributed by atoms with van der Waals surface area (Å²) in [6.45, 7) is 0.868. The van der Waals surface area contributed by atoms with Gasteiger partial charge in [-0.05, 0) is 42.0 Å². The Kier molecular flexibility index (Phi) is 5.94. The summed E-state index contributed by atoms with van der Waals surface area (Å²) in [6, 6.07) is 12.6. The van der Waals surface area contributed by atoms with Gasteiger partial charge in [0.25, 0.3) is 5.91 Å². The van der Waals surface area contributed by atoms with E-state index in [1.807, 2.05) is 30.3 Å². The highest BCUT2D eigenvalue weighted by molar-refractivity contribution is 5.94. The molecule has 0 unspecified atom stereocenters. The van der Waals surface area contributed by atoms with Crippen LogP contribution in [0.15, 0.2) is 59.3 Å². The van der Waals surface area contributed by atoms with Gasteiger partial charge in [-0.3, -0.25) is 4.79 Å². The van der Waals surface area contributed by atoms with Gasteiger partial charge in [-0.2, -0.15) is 0 Å². The third kappa shape index (κ3) is 4.78. The van der Waals surface area contributed by atoms with Gasteiger partial charge in [-0.1, -0.05) is 6.07 Å². The molecule has 27 heavy (non-hydrogen) atoms. The number of amides is 1. The van der Waals surface area contributed by atoms with Gasteiger partial charge < -0.3 is 24.5 Å². The molecule has 0 atom stereocenters. The van der Waals surface area contributed by atoms with Gasteiger partial charge in [0.05, 0.1) is 27.0 Å². The highest BCUT2D eigenvalue weighted by Gasteiger charge is 2.09. The van der Waals surface area contributed by atoms with Crippen LogP contribution in [0.2, 0.25) is 0 Å². The van der Waals surface area contributed by atoms with Gasteiger partial charge in [0.1, 0.15) is 11.6 Å². The zero-order chi connectivity index (χ0) is 19.1. The number of nitrogens with zero attached hydrogens (tertiary/aromatic N) is 1. The largest absolute Gasteiger partial charge is 0.493 e. The normalized spacial score (nSPS) is 10.3. The second-order valence-electron chi connectivity index (χ2n) is 5.73. The Hall–Kier alpha value is -3.48. The van der Waals surface area contributed by atoms with Crippen LogP contribution in [0.25, 0.3) is 0 Å².